The van der Waals surface area contributed by atoms with Gasteiger partial charge in [0, 0.05) is 41.5 Å². The van der Waals surface area contributed by atoms with E-state index in [1.165, 1.54) is 0 Å². The number of fused-ring (bicyclic) bond motifs is 2. The Balaban J connectivity index is 0.000000187. The third-order valence-electron chi connectivity index (χ3n) is 7.20. The van der Waals surface area contributed by atoms with Crippen LogP contribution >= 0.6 is 15.9 Å². The molecule has 0 spiro atoms. The van der Waals surface area contributed by atoms with E-state index in [4.69, 9.17) is 9.31 Å². The summed E-state index contributed by atoms with van der Waals surface area (Å²) in [6.45, 7) is 15.3. The summed E-state index contributed by atoms with van der Waals surface area (Å²) in [5.74, 6) is 0.0619. The van der Waals surface area contributed by atoms with Crippen molar-refractivity contribution in [1.29, 1.82) is 0 Å². The van der Waals surface area contributed by atoms with E-state index in [-0.39, 0.29) is 30.1 Å². The van der Waals surface area contributed by atoms with Crippen LogP contribution in [-0.4, -0.2) is 39.3 Å². The molecule has 3 heterocycles. The maximum Gasteiger partial charge on any atom is 0.494 e. The molecule has 2 aromatic heterocycles. The van der Waals surface area contributed by atoms with Gasteiger partial charge in [-0.25, -0.2) is 0 Å². The summed E-state index contributed by atoms with van der Waals surface area (Å²) >= 11 is 3.42. The van der Waals surface area contributed by atoms with Gasteiger partial charge >= 0.3 is 7.12 Å². The van der Waals surface area contributed by atoms with Crippen LogP contribution < -0.4 is 5.46 Å². The molecule has 5 rings (SSSR count). The third kappa shape index (κ3) is 4.70. The number of rotatable bonds is 1. The van der Waals surface area contributed by atoms with Crippen molar-refractivity contribution in [3.63, 3.8) is 0 Å². The molecule has 0 amide bonds. The van der Waals surface area contributed by atoms with Crippen LogP contribution in [0, 0.1) is 13.8 Å². The van der Waals surface area contributed by atoms with Gasteiger partial charge in [0.1, 0.15) is 0 Å². The van der Waals surface area contributed by atoms with Gasteiger partial charge in [0.25, 0.3) is 0 Å². The molecule has 0 radical (unpaired) electrons. The Hall–Kier alpha value is -2.68. The Labute approximate surface area is 220 Å². The maximum atomic E-state index is 11.7. The molecule has 0 unspecified atom stereocenters. The van der Waals surface area contributed by atoms with Gasteiger partial charge in [-0.2, -0.15) is 0 Å². The number of halogens is 1. The summed E-state index contributed by atoms with van der Waals surface area (Å²) in [6, 6.07) is 11.9. The zero-order valence-electron chi connectivity index (χ0n) is 22.1. The van der Waals surface area contributed by atoms with Gasteiger partial charge in [-0.05, 0) is 82.4 Å². The molecule has 1 aliphatic rings. The first-order chi connectivity index (χ1) is 16.7. The first kappa shape index (κ1) is 26.4. The molecular weight excluding hydrogens is 519 g/mol. The smallest absolute Gasteiger partial charge is 0.399 e. The molecular formula is C28H32BBrN2O4. The molecule has 188 valence electrons. The summed E-state index contributed by atoms with van der Waals surface area (Å²) in [7, 11) is -0.380. The van der Waals surface area contributed by atoms with Gasteiger partial charge in [-0.15, -0.1) is 0 Å². The largest absolute Gasteiger partial charge is 0.494 e. The zero-order valence-corrected chi connectivity index (χ0v) is 23.7. The van der Waals surface area contributed by atoms with E-state index in [0.29, 0.717) is 0 Å². The van der Waals surface area contributed by atoms with Crippen molar-refractivity contribution >= 4 is 62.1 Å². The minimum Gasteiger partial charge on any atom is -0.399 e. The minimum atomic E-state index is -0.380. The fraction of sp³-hybridized carbons (Fsp3) is 0.357. The van der Waals surface area contributed by atoms with Crippen molar-refractivity contribution in [2.45, 2.75) is 66.6 Å². The van der Waals surface area contributed by atoms with Crippen LogP contribution in [0.1, 0.15) is 62.3 Å². The lowest BCUT2D eigenvalue weighted by molar-refractivity contribution is 0.00578. The number of aromatic nitrogens is 2. The molecule has 0 aliphatic carbocycles. The van der Waals surface area contributed by atoms with Gasteiger partial charge in [0.05, 0.1) is 22.2 Å². The van der Waals surface area contributed by atoms with Gasteiger partial charge in [0.2, 0.25) is 11.8 Å². The summed E-state index contributed by atoms with van der Waals surface area (Å²) in [4.78, 5) is 23.0. The van der Waals surface area contributed by atoms with Gasteiger partial charge in [0.15, 0.2) is 0 Å². The fourth-order valence-electron chi connectivity index (χ4n) is 4.43. The second-order valence-corrected chi connectivity index (χ2v) is 11.3. The van der Waals surface area contributed by atoms with Crippen LogP contribution in [0.4, 0.5) is 0 Å². The molecule has 0 saturated carbocycles. The number of carbonyl (C=O) groups is 2. The van der Waals surface area contributed by atoms with E-state index in [2.05, 4.69) is 22.0 Å². The Kier molecular flexibility index (Phi) is 6.84. The molecule has 4 aromatic rings. The maximum absolute atomic E-state index is 11.7. The van der Waals surface area contributed by atoms with Crippen molar-refractivity contribution in [2.24, 2.45) is 0 Å². The highest BCUT2D eigenvalue weighted by Crippen LogP contribution is 2.36. The topological polar surface area (TPSA) is 62.5 Å². The minimum absolute atomic E-state index is 0.0153. The molecule has 2 aromatic carbocycles. The zero-order chi connectivity index (χ0) is 26.6. The average molecular weight is 551 g/mol. The highest BCUT2D eigenvalue weighted by molar-refractivity contribution is 9.10. The lowest BCUT2D eigenvalue weighted by Gasteiger charge is -2.32. The Morgan fingerprint density at radius 2 is 1.22 bits per heavy atom. The van der Waals surface area contributed by atoms with Crippen molar-refractivity contribution in [3.05, 3.63) is 64.4 Å². The molecule has 1 aliphatic heterocycles. The van der Waals surface area contributed by atoms with Crippen LogP contribution in [0.25, 0.3) is 21.8 Å². The molecule has 0 atom stereocenters. The van der Waals surface area contributed by atoms with Crippen LogP contribution in [-0.2, 0) is 9.31 Å². The number of hydrogen-bond donors (Lipinski definition) is 0. The van der Waals surface area contributed by atoms with Crippen LogP contribution in [0.3, 0.4) is 0 Å². The van der Waals surface area contributed by atoms with Crippen molar-refractivity contribution in [3.8, 4) is 0 Å². The van der Waals surface area contributed by atoms with E-state index in [1.54, 1.807) is 23.0 Å². The molecule has 36 heavy (non-hydrogen) atoms. The Morgan fingerprint density at radius 3 is 1.69 bits per heavy atom. The van der Waals surface area contributed by atoms with Gasteiger partial charge in [-0.1, -0.05) is 28.1 Å². The van der Waals surface area contributed by atoms with Crippen LogP contribution in [0.5, 0.6) is 0 Å². The highest BCUT2D eigenvalue weighted by atomic mass is 79.9. The number of aryl methyl sites for hydroxylation is 2. The Bertz CT molecular complexity index is 1480. The number of carbonyl (C=O) groups excluding carboxylic acids is 2. The predicted molar refractivity (Wildman–Crippen MR) is 149 cm³/mol. The molecule has 0 bridgehead atoms. The second kappa shape index (κ2) is 9.32. The molecule has 0 N–H and O–H groups in total. The SMILES string of the molecule is CC(=O)n1cc(C)c2cc(B3OC(C)(C)C(C)(C)O3)ccc21.CC(=O)n1cc(C)c2cc(Br)ccc21. The van der Waals surface area contributed by atoms with E-state index in [0.717, 1.165) is 42.9 Å². The van der Waals surface area contributed by atoms with Gasteiger partial charge in [-0.3, -0.25) is 18.7 Å². The second-order valence-electron chi connectivity index (χ2n) is 10.4. The standard InChI is InChI=1S/C17H22BNO3.C11H10BrNO/c1-11-10-19(12(2)20)15-8-7-13(9-14(11)15)18-21-16(3,4)17(5,6)22-18;1-7-6-13(8(2)14)11-4-3-9(12)5-10(7)11/h7-10H,1-6H3;3-6H,1-2H3. The van der Waals surface area contributed by atoms with E-state index in [9.17, 15) is 9.59 Å². The molecule has 6 nitrogen and oxygen atoms in total. The summed E-state index contributed by atoms with van der Waals surface area (Å²) in [5, 5.41) is 2.18. The molecule has 1 saturated heterocycles. The quantitative estimate of drug-likeness (QED) is 0.262. The Morgan fingerprint density at radius 1 is 0.778 bits per heavy atom. The molecule has 8 heteroatoms. The predicted octanol–water partition coefficient (Wildman–Crippen LogP) is 6.28. The summed E-state index contributed by atoms with van der Waals surface area (Å²) in [5.41, 5.74) is 4.36. The first-order valence-electron chi connectivity index (χ1n) is 12.0. The lowest BCUT2D eigenvalue weighted by atomic mass is 9.78. The number of benzene rings is 2. The highest BCUT2D eigenvalue weighted by Gasteiger charge is 2.51. The number of nitrogens with zero attached hydrogens (tertiary/aromatic N) is 2. The van der Waals surface area contributed by atoms with Crippen LogP contribution in [0.2, 0.25) is 0 Å². The monoisotopic (exact) mass is 550 g/mol. The van der Waals surface area contributed by atoms with E-state index < -0.39 is 0 Å². The van der Waals surface area contributed by atoms with Crippen LogP contribution in [0.15, 0.2) is 53.3 Å². The lowest BCUT2D eigenvalue weighted by Crippen LogP contribution is -2.41. The van der Waals surface area contributed by atoms with E-state index >= 15 is 0 Å². The first-order valence-corrected chi connectivity index (χ1v) is 12.8. The number of hydrogen-bond acceptors (Lipinski definition) is 4. The van der Waals surface area contributed by atoms with Gasteiger partial charge < -0.3 is 9.31 Å². The van der Waals surface area contributed by atoms with Crippen molar-refractivity contribution in [2.75, 3.05) is 0 Å². The van der Waals surface area contributed by atoms with E-state index in [1.807, 2.05) is 84.3 Å². The van der Waals surface area contributed by atoms with Crippen molar-refractivity contribution in [1.82, 2.24) is 9.13 Å². The van der Waals surface area contributed by atoms with Crippen molar-refractivity contribution < 1.29 is 18.9 Å². The fourth-order valence-corrected chi connectivity index (χ4v) is 4.79. The summed E-state index contributed by atoms with van der Waals surface area (Å²) < 4.78 is 16.6. The third-order valence-corrected chi connectivity index (χ3v) is 7.69. The normalized spacial score (nSPS) is 16.3. The molecule has 1 fully saturated rings. The summed E-state index contributed by atoms with van der Waals surface area (Å²) in [6.07, 6.45) is 3.75. The average Bonchev–Trinajstić information content (AvgIpc) is 3.37.